The number of hydrogen-bond donors (Lipinski definition) is 1. The first-order valence-corrected chi connectivity index (χ1v) is 8.88. The summed E-state index contributed by atoms with van der Waals surface area (Å²) in [5.74, 6) is 1.22. The Bertz CT molecular complexity index is 642. The third-order valence-electron chi connectivity index (χ3n) is 4.16. The third-order valence-corrected chi connectivity index (χ3v) is 4.98. The number of carbonyl (C=O) groups is 1. The van der Waals surface area contributed by atoms with Crippen molar-refractivity contribution in [1.82, 2.24) is 15.3 Å². The summed E-state index contributed by atoms with van der Waals surface area (Å²) >= 11 is 1.63. The number of piperidine rings is 1. The Morgan fingerprint density at radius 2 is 2.41 bits per heavy atom. The van der Waals surface area contributed by atoms with E-state index in [-0.39, 0.29) is 11.8 Å². The molecule has 1 fully saturated rings. The Hall–Kier alpha value is -1.69. The van der Waals surface area contributed by atoms with Crippen molar-refractivity contribution in [1.29, 1.82) is 0 Å². The molecule has 1 aliphatic rings. The van der Waals surface area contributed by atoms with Crippen LogP contribution in [0.5, 0.6) is 0 Å². The van der Waals surface area contributed by atoms with Crippen molar-refractivity contribution in [3.8, 4) is 0 Å². The minimum absolute atomic E-state index is 0.0641. The van der Waals surface area contributed by atoms with Gasteiger partial charge in [0.1, 0.15) is 17.0 Å². The van der Waals surface area contributed by atoms with Crippen molar-refractivity contribution in [3.05, 3.63) is 17.8 Å². The van der Waals surface area contributed by atoms with E-state index < -0.39 is 0 Å². The van der Waals surface area contributed by atoms with Crippen LogP contribution < -0.4 is 10.2 Å². The first kappa shape index (κ1) is 15.2. The zero-order valence-corrected chi connectivity index (χ0v) is 13.7. The Morgan fingerprint density at radius 1 is 1.50 bits per heavy atom. The molecule has 1 N–H and O–H groups in total. The molecule has 1 saturated heterocycles. The van der Waals surface area contributed by atoms with Gasteiger partial charge in [0.25, 0.3) is 0 Å². The smallest absolute Gasteiger partial charge is 0.224 e. The molecule has 3 rings (SSSR count). The Morgan fingerprint density at radius 3 is 3.27 bits per heavy atom. The van der Waals surface area contributed by atoms with Gasteiger partial charge >= 0.3 is 0 Å². The molecule has 1 aliphatic heterocycles. The van der Waals surface area contributed by atoms with Gasteiger partial charge in [-0.3, -0.25) is 4.79 Å². The number of nitrogens with one attached hydrogen (secondary N) is 1. The van der Waals surface area contributed by atoms with Crippen LogP contribution in [0.3, 0.4) is 0 Å². The summed E-state index contributed by atoms with van der Waals surface area (Å²) in [6, 6.07) is 2.07. The minimum Gasteiger partial charge on any atom is -0.356 e. The van der Waals surface area contributed by atoms with E-state index in [2.05, 4.69) is 33.2 Å². The van der Waals surface area contributed by atoms with Crippen molar-refractivity contribution < 1.29 is 4.79 Å². The van der Waals surface area contributed by atoms with Gasteiger partial charge in [0.05, 0.1) is 11.3 Å². The largest absolute Gasteiger partial charge is 0.356 e. The summed E-state index contributed by atoms with van der Waals surface area (Å²) in [7, 11) is 0. The predicted octanol–water partition coefficient (Wildman–Crippen LogP) is 2.82. The highest BCUT2D eigenvalue weighted by atomic mass is 32.1. The Labute approximate surface area is 134 Å². The van der Waals surface area contributed by atoms with Gasteiger partial charge in [-0.25, -0.2) is 9.97 Å². The molecule has 1 atom stereocenters. The molecule has 5 nitrogen and oxygen atoms in total. The molecule has 0 aromatic carbocycles. The van der Waals surface area contributed by atoms with E-state index in [1.165, 1.54) is 0 Å². The van der Waals surface area contributed by atoms with Crippen molar-refractivity contribution in [2.75, 3.05) is 24.5 Å². The second-order valence-corrected chi connectivity index (χ2v) is 6.66. The Kier molecular flexibility index (Phi) is 4.87. The standard InChI is InChI=1S/C16H22N4OS/c1-2-3-7-17-15(21)12-5-4-8-20(10-12)14-13-6-9-22-16(13)19-11-18-14/h6,9,11-12H,2-5,7-8,10H2,1H3,(H,17,21). The quantitative estimate of drug-likeness (QED) is 0.861. The number of fused-ring (bicyclic) bond motifs is 1. The fraction of sp³-hybridized carbons (Fsp3) is 0.562. The van der Waals surface area contributed by atoms with Gasteiger partial charge in [-0.1, -0.05) is 13.3 Å². The lowest BCUT2D eigenvalue weighted by Gasteiger charge is -2.33. The monoisotopic (exact) mass is 318 g/mol. The van der Waals surface area contributed by atoms with E-state index in [0.29, 0.717) is 0 Å². The van der Waals surface area contributed by atoms with E-state index in [1.807, 2.05) is 5.38 Å². The first-order valence-electron chi connectivity index (χ1n) is 8.00. The number of unbranched alkanes of at least 4 members (excludes halogenated alkanes) is 1. The molecule has 118 valence electrons. The van der Waals surface area contributed by atoms with Crippen LogP contribution >= 0.6 is 11.3 Å². The molecule has 2 aromatic heterocycles. The molecule has 22 heavy (non-hydrogen) atoms. The summed E-state index contributed by atoms with van der Waals surface area (Å²) < 4.78 is 0. The number of aromatic nitrogens is 2. The summed E-state index contributed by atoms with van der Waals surface area (Å²) in [4.78, 5) is 24.3. The van der Waals surface area contributed by atoms with Crippen LogP contribution in [-0.2, 0) is 4.79 Å². The maximum absolute atomic E-state index is 12.3. The molecule has 0 saturated carbocycles. The number of anilines is 1. The van der Waals surface area contributed by atoms with E-state index in [1.54, 1.807) is 17.7 Å². The minimum atomic E-state index is 0.0641. The van der Waals surface area contributed by atoms with Gasteiger partial charge in [-0.15, -0.1) is 11.3 Å². The molecule has 1 amide bonds. The molecule has 1 unspecified atom stereocenters. The number of rotatable bonds is 5. The summed E-state index contributed by atoms with van der Waals surface area (Å²) in [6.07, 6.45) is 5.77. The van der Waals surface area contributed by atoms with Crippen LogP contribution in [0, 0.1) is 5.92 Å². The van der Waals surface area contributed by atoms with E-state index in [0.717, 1.165) is 61.4 Å². The zero-order valence-electron chi connectivity index (χ0n) is 12.9. The molecular formula is C16H22N4OS. The van der Waals surface area contributed by atoms with E-state index in [9.17, 15) is 4.79 Å². The Balaban J connectivity index is 1.70. The van der Waals surface area contributed by atoms with Gasteiger partial charge in [-0.05, 0) is 30.7 Å². The van der Waals surface area contributed by atoms with Gasteiger partial charge < -0.3 is 10.2 Å². The fourth-order valence-electron chi connectivity index (χ4n) is 2.95. The number of thiophene rings is 1. The average Bonchev–Trinajstić information content (AvgIpc) is 3.03. The third kappa shape index (κ3) is 3.21. The topological polar surface area (TPSA) is 58.1 Å². The second-order valence-electron chi connectivity index (χ2n) is 5.77. The van der Waals surface area contributed by atoms with Gasteiger partial charge in [-0.2, -0.15) is 0 Å². The van der Waals surface area contributed by atoms with Gasteiger partial charge in [0, 0.05) is 19.6 Å². The van der Waals surface area contributed by atoms with E-state index in [4.69, 9.17) is 0 Å². The lowest BCUT2D eigenvalue weighted by atomic mass is 9.97. The maximum Gasteiger partial charge on any atom is 0.224 e. The van der Waals surface area contributed by atoms with Crippen LogP contribution in [0.2, 0.25) is 0 Å². The summed E-state index contributed by atoms with van der Waals surface area (Å²) in [5.41, 5.74) is 0. The number of amides is 1. The van der Waals surface area contributed by atoms with Crippen LogP contribution in [0.25, 0.3) is 10.2 Å². The maximum atomic E-state index is 12.3. The van der Waals surface area contributed by atoms with Crippen molar-refractivity contribution in [2.45, 2.75) is 32.6 Å². The van der Waals surface area contributed by atoms with Crippen molar-refractivity contribution in [2.24, 2.45) is 5.92 Å². The van der Waals surface area contributed by atoms with Crippen molar-refractivity contribution >= 4 is 33.3 Å². The molecule has 3 heterocycles. The van der Waals surface area contributed by atoms with Gasteiger partial charge in [0.15, 0.2) is 0 Å². The number of carbonyl (C=O) groups excluding carboxylic acids is 1. The molecule has 2 aromatic rings. The van der Waals surface area contributed by atoms with Crippen LogP contribution in [0.4, 0.5) is 5.82 Å². The molecule has 6 heteroatoms. The lowest BCUT2D eigenvalue weighted by molar-refractivity contribution is -0.125. The highest BCUT2D eigenvalue weighted by molar-refractivity contribution is 7.16. The predicted molar refractivity (Wildman–Crippen MR) is 90.3 cm³/mol. The molecule has 0 spiro atoms. The van der Waals surface area contributed by atoms with Crippen LogP contribution in [0.15, 0.2) is 17.8 Å². The zero-order chi connectivity index (χ0) is 15.4. The van der Waals surface area contributed by atoms with E-state index >= 15 is 0 Å². The summed E-state index contributed by atoms with van der Waals surface area (Å²) in [5, 5.41) is 6.20. The average molecular weight is 318 g/mol. The molecule has 0 bridgehead atoms. The fourth-order valence-corrected chi connectivity index (χ4v) is 3.67. The molecule has 0 aliphatic carbocycles. The number of hydrogen-bond acceptors (Lipinski definition) is 5. The SMILES string of the molecule is CCCCNC(=O)C1CCCN(c2ncnc3sccc23)C1. The highest BCUT2D eigenvalue weighted by Gasteiger charge is 2.27. The molecular weight excluding hydrogens is 296 g/mol. The molecule has 0 radical (unpaired) electrons. The van der Waals surface area contributed by atoms with Gasteiger partial charge in [0.2, 0.25) is 5.91 Å². The lowest BCUT2D eigenvalue weighted by Crippen LogP contribution is -2.43. The van der Waals surface area contributed by atoms with Crippen molar-refractivity contribution in [3.63, 3.8) is 0 Å². The second kappa shape index (κ2) is 7.05. The van der Waals surface area contributed by atoms with Crippen LogP contribution in [-0.4, -0.2) is 35.5 Å². The highest BCUT2D eigenvalue weighted by Crippen LogP contribution is 2.29. The normalized spacial score (nSPS) is 18.6. The number of nitrogens with zero attached hydrogens (tertiary/aromatic N) is 3. The summed E-state index contributed by atoms with van der Waals surface area (Å²) in [6.45, 7) is 4.63. The van der Waals surface area contributed by atoms with Crippen LogP contribution in [0.1, 0.15) is 32.6 Å². The first-order chi connectivity index (χ1) is 10.8.